The molecule has 0 aliphatic rings. The number of anilines is 2. The molecule has 0 aliphatic carbocycles. The van der Waals surface area contributed by atoms with Crippen molar-refractivity contribution in [2.75, 3.05) is 17.2 Å². The molecule has 0 fully saturated rings. The smallest absolute Gasteiger partial charge is 0.369 e. The van der Waals surface area contributed by atoms with E-state index in [-0.39, 0.29) is 21.0 Å². The lowest BCUT2D eigenvalue weighted by molar-refractivity contribution is -0.257. The normalized spacial score (nSPS) is 14.4. The van der Waals surface area contributed by atoms with Gasteiger partial charge in [-0.3, -0.25) is 10.1 Å². The third kappa shape index (κ3) is 6.22. The molecule has 36 heavy (non-hydrogen) atoms. The van der Waals surface area contributed by atoms with Crippen LogP contribution >= 0.6 is 11.3 Å². The summed E-state index contributed by atoms with van der Waals surface area (Å²) in [6.45, 7) is -2.82. The van der Waals surface area contributed by atoms with E-state index in [4.69, 9.17) is 0 Å². The lowest BCUT2D eigenvalue weighted by Crippen LogP contribution is -2.55. The number of fused-ring (bicyclic) bond motifs is 1. The first-order valence-corrected chi connectivity index (χ1v) is 10.9. The topological polar surface area (TPSA) is 113 Å². The third-order valence-corrected chi connectivity index (χ3v) is 5.69. The molecule has 4 N–H and O–H groups in total. The number of nitrogens with one attached hydrogen (secondary N) is 3. The van der Waals surface area contributed by atoms with Crippen LogP contribution in [-0.4, -0.2) is 47.5 Å². The van der Waals surface area contributed by atoms with Crippen molar-refractivity contribution in [2.45, 2.75) is 31.4 Å². The minimum atomic E-state index is -5.47. The van der Waals surface area contributed by atoms with Crippen LogP contribution in [0.4, 0.5) is 42.0 Å². The number of aliphatic hydroxyl groups is 1. The molecule has 0 radical (unpaired) electrons. The Labute approximate surface area is 203 Å². The molecule has 194 valence electrons. The van der Waals surface area contributed by atoms with Crippen molar-refractivity contribution in [3.8, 4) is 0 Å². The zero-order valence-electron chi connectivity index (χ0n) is 18.2. The summed E-state index contributed by atoms with van der Waals surface area (Å²) in [6, 6.07) is 6.92. The van der Waals surface area contributed by atoms with Crippen molar-refractivity contribution >= 4 is 44.3 Å². The first kappa shape index (κ1) is 27.2. The zero-order valence-corrected chi connectivity index (χ0v) is 19.0. The summed E-state index contributed by atoms with van der Waals surface area (Å²) in [5.41, 5.74) is -4.44. The fourth-order valence-electron chi connectivity index (χ4n) is 3.01. The van der Waals surface area contributed by atoms with Gasteiger partial charge in [-0.15, -0.1) is 0 Å². The van der Waals surface area contributed by atoms with E-state index in [1.165, 1.54) is 12.1 Å². The van der Waals surface area contributed by atoms with E-state index in [0.717, 1.165) is 48.6 Å². The molecular formula is C21H18F6N4O4S. The molecule has 0 saturated heterocycles. The van der Waals surface area contributed by atoms with Crippen molar-refractivity contribution in [1.82, 2.24) is 10.3 Å². The number of amides is 3. The molecule has 8 nitrogen and oxygen atoms in total. The largest absolute Gasteiger partial charge is 0.430 e. The molecule has 0 aliphatic heterocycles. The highest BCUT2D eigenvalue weighted by molar-refractivity contribution is 7.22. The van der Waals surface area contributed by atoms with Gasteiger partial charge in [0, 0.05) is 17.8 Å². The molecule has 0 spiro atoms. The van der Waals surface area contributed by atoms with Gasteiger partial charge in [0.2, 0.25) is 0 Å². The van der Waals surface area contributed by atoms with E-state index in [0.29, 0.717) is 0 Å². The zero-order chi connectivity index (χ0) is 26.7. The Morgan fingerprint density at radius 1 is 1.11 bits per heavy atom. The minimum absolute atomic E-state index is 0.0141. The van der Waals surface area contributed by atoms with Gasteiger partial charge in [-0.05, 0) is 43.3 Å². The molecular weight excluding hydrogens is 518 g/mol. The van der Waals surface area contributed by atoms with Gasteiger partial charge in [0.15, 0.2) is 5.13 Å². The van der Waals surface area contributed by atoms with E-state index in [1.807, 2.05) is 0 Å². The van der Waals surface area contributed by atoms with Crippen molar-refractivity contribution in [3.05, 3.63) is 53.8 Å². The molecule has 0 saturated carbocycles. The van der Waals surface area contributed by atoms with Gasteiger partial charge in [-0.25, -0.2) is 14.2 Å². The highest BCUT2D eigenvalue weighted by Gasteiger charge is 2.60. The first-order valence-electron chi connectivity index (χ1n) is 10.0. The highest BCUT2D eigenvalue weighted by atomic mass is 32.1. The van der Waals surface area contributed by atoms with Gasteiger partial charge in [0.05, 0.1) is 16.3 Å². The SMILES string of the molecule is C[C@@H](CNC(=O)[C@@](O)(c1ccc2nc(NC(=O)Nc3ccc(F)cc3)sc2c1)C(F)(F)F)OC(F)F. The maximum atomic E-state index is 13.8. The van der Waals surface area contributed by atoms with Gasteiger partial charge in [-0.2, -0.15) is 22.0 Å². The van der Waals surface area contributed by atoms with Gasteiger partial charge in [0.25, 0.3) is 11.5 Å². The molecule has 1 heterocycles. The second kappa shape index (κ2) is 10.7. The number of nitrogens with zero attached hydrogens (tertiary/aromatic N) is 1. The monoisotopic (exact) mass is 536 g/mol. The molecule has 15 heteroatoms. The first-order chi connectivity index (χ1) is 16.8. The van der Waals surface area contributed by atoms with Crippen LogP contribution in [0.15, 0.2) is 42.5 Å². The summed E-state index contributed by atoms with van der Waals surface area (Å²) in [5.74, 6) is -2.40. The fraction of sp³-hybridized carbons (Fsp3) is 0.286. The van der Waals surface area contributed by atoms with Gasteiger partial charge < -0.3 is 20.5 Å². The Hall–Kier alpha value is -3.43. The standard InChI is InChI=1S/C21H18F6N4O4S/c1-10(35-17(23)24)9-28-16(32)20(34,21(25,26)27)11-2-7-14-15(8-11)36-19(30-14)31-18(33)29-13-5-3-12(22)4-6-13/h2-8,10,17,34H,9H2,1H3,(H,28,32)(H2,29,30,31,33)/t10-,20-/m0/s1. The number of carbonyl (C=O) groups excluding carboxylic acids is 2. The van der Waals surface area contributed by atoms with Gasteiger partial charge in [-0.1, -0.05) is 17.4 Å². The third-order valence-electron chi connectivity index (χ3n) is 4.75. The van der Waals surface area contributed by atoms with Crippen LogP contribution in [-0.2, 0) is 15.1 Å². The Balaban J connectivity index is 1.80. The average molecular weight is 536 g/mol. The van der Waals surface area contributed by atoms with Crippen LogP contribution < -0.4 is 16.0 Å². The van der Waals surface area contributed by atoms with E-state index in [1.54, 1.807) is 5.32 Å². The predicted octanol–water partition coefficient (Wildman–Crippen LogP) is 4.57. The molecule has 2 atom stereocenters. The number of urea groups is 1. The number of hydrogen-bond acceptors (Lipinski definition) is 6. The van der Waals surface area contributed by atoms with E-state index in [2.05, 4.69) is 20.4 Å². The van der Waals surface area contributed by atoms with Crippen LogP contribution in [0.1, 0.15) is 12.5 Å². The molecule has 0 unspecified atom stereocenters. The second-order valence-corrected chi connectivity index (χ2v) is 8.44. The van der Waals surface area contributed by atoms with Crippen molar-refractivity contribution in [2.24, 2.45) is 0 Å². The highest BCUT2D eigenvalue weighted by Crippen LogP contribution is 2.41. The van der Waals surface area contributed by atoms with Crippen LogP contribution in [0.3, 0.4) is 0 Å². The van der Waals surface area contributed by atoms with Crippen LogP contribution in [0.25, 0.3) is 10.2 Å². The number of ether oxygens (including phenoxy) is 1. The lowest BCUT2D eigenvalue weighted by Gasteiger charge is -2.30. The molecule has 0 bridgehead atoms. The number of benzene rings is 2. The van der Waals surface area contributed by atoms with Crippen LogP contribution in [0, 0.1) is 5.82 Å². The summed E-state index contributed by atoms with van der Waals surface area (Å²) in [6.07, 6.45) is -6.80. The number of hydrogen-bond donors (Lipinski definition) is 4. The predicted molar refractivity (Wildman–Crippen MR) is 118 cm³/mol. The summed E-state index contributed by atoms with van der Waals surface area (Å²) < 4.78 is 83.1. The Kier molecular flexibility index (Phi) is 8.05. The van der Waals surface area contributed by atoms with Crippen LogP contribution in [0.2, 0.25) is 0 Å². The van der Waals surface area contributed by atoms with Crippen molar-refractivity contribution < 1.29 is 45.8 Å². The Morgan fingerprint density at radius 3 is 2.39 bits per heavy atom. The van der Waals surface area contributed by atoms with Gasteiger partial charge in [0.1, 0.15) is 5.82 Å². The summed E-state index contributed by atoms with van der Waals surface area (Å²) >= 11 is 0.760. The summed E-state index contributed by atoms with van der Waals surface area (Å²) in [5, 5.41) is 17.0. The number of rotatable bonds is 8. The van der Waals surface area contributed by atoms with E-state index in [9.17, 15) is 41.0 Å². The number of aromatic nitrogens is 1. The number of thiazole rings is 1. The maximum Gasteiger partial charge on any atom is 0.430 e. The van der Waals surface area contributed by atoms with Crippen molar-refractivity contribution in [3.63, 3.8) is 0 Å². The summed E-state index contributed by atoms with van der Waals surface area (Å²) in [4.78, 5) is 28.6. The van der Waals surface area contributed by atoms with Crippen molar-refractivity contribution in [1.29, 1.82) is 0 Å². The summed E-state index contributed by atoms with van der Waals surface area (Å²) in [7, 11) is 0. The molecule has 3 rings (SSSR count). The second-order valence-electron chi connectivity index (χ2n) is 7.41. The Morgan fingerprint density at radius 2 is 1.78 bits per heavy atom. The fourth-order valence-corrected chi connectivity index (χ4v) is 3.91. The average Bonchev–Trinajstić information content (AvgIpc) is 3.18. The Bertz CT molecular complexity index is 1240. The minimum Gasteiger partial charge on any atom is -0.369 e. The maximum absolute atomic E-state index is 13.8. The molecule has 3 amide bonds. The molecule has 1 aromatic heterocycles. The number of alkyl halides is 5. The lowest BCUT2D eigenvalue weighted by atomic mass is 9.91. The quantitative estimate of drug-likeness (QED) is 0.315. The van der Waals surface area contributed by atoms with E-state index >= 15 is 0 Å². The molecule has 2 aromatic carbocycles. The van der Waals surface area contributed by atoms with E-state index < -0.39 is 54.4 Å². The number of carbonyl (C=O) groups is 2. The van der Waals surface area contributed by atoms with Gasteiger partial charge >= 0.3 is 18.8 Å². The number of halogens is 6. The molecule has 3 aromatic rings. The van der Waals surface area contributed by atoms with Crippen LogP contribution in [0.5, 0.6) is 0 Å².